The number of nitrogens with one attached hydrogen (secondary N) is 2. The van der Waals surface area contributed by atoms with Crippen molar-refractivity contribution in [3.05, 3.63) is 0 Å². The minimum Gasteiger partial charge on any atom is -0.336 e. The molecule has 1 heterocycles. The van der Waals surface area contributed by atoms with Crippen molar-refractivity contribution in [3.63, 3.8) is 0 Å². The number of rotatable bonds is 0. The normalized spacial score (nSPS) is 16.9. The summed E-state index contributed by atoms with van der Waals surface area (Å²) in [7, 11) is 0. The largest absolute Gasteiger partial charge is 0.336 e. The molecule has 42 valence electrons. The van der Waals surface area contributed by atoms with E-state index in [1.54, 1.807) is 0 Å². The summed E-state index contributed by atoms with van der Waals surface area (Å²) in [6, 6.07) is -0.0463. The Morgan fingerprint density at radius 1 is 1.29 bits per heavy atom. The van der Waals surface area contributed by atoms with Crippen molar-refractivity contribution in [3.8, 4) is 0 Å². The molecular weight excluding hydrogens is 207 g/mol. The Kier molecular flexibility index (Phi) is 3.06. The number of hydrogen-bond acceptors (Lipinski definition) is 1. The van der Waals surface area contributed by atoms with Gasteiger partial charge in [-0.05, 0) is 0 Å². The van der Waals surface area contributed by atoms with Crippen LogP contribution < -0.4 is 10.6 Å². The van der Waals surface area contributed by atoms with E-state index >= 15 is 0 Å². The molecule has 0 unspecified atom stereocenters. The topological polar surface area (TPSA) is 41.1 Å². The molecule has 2 N–H and O–H groups in total. The van der Waals surface area contributed by atoms with Crippen LogP contribution in [0.1, 0.15) is 0 Å². The van der Waals surface area contributed by atoms with Crippen LogP contribution in [0.3, 0.4) is 0 Å². The van der Waals surface area contributed by atoms with Crippen molar-refractivity contribution in [2.24, 2.45) is 0 Å². The molecule has 0 aromatic carbocycles. The van der Waals surface area contributed by atoms with E-state index in [-0.39, 0.29) is 30.0 Å². The molecule has 1 saturated heterocycles. The third kappa shape index (κ3) is 1.96. The highest BCUT2D eigenvalue weighted by Gasteiger charge is 2.02. The van der Waals surface area contributed by atoms with Gasteiger partial charge < -0.3 is 10.6 Å². The van der Waals surface area contributed by atoms with Crippen LogP contribution in [0.2, 0.25) is 0 Å². The summed E-state index contributed by atoms with van der Waals surface area (Å²) in [6.07, 6.45) is 0. The van der Waals surface area contributed by atoms with Gasteiger partial charge in [0.15, 0.2) is 0 Å². The molecule has 1 aliphatic rings. The lowest BCUT2D eigenvalue weighted by Crippen LogP contribution is -2.20. The molecule has 3 nitrogen and oxygen atoms in total. The Bertz CT molecular complexity index is 67.3. The highest BCUT2D eigenvalue weighted by Crippen LogP contribution is 1.69. The monoisotopic (exact) mass is 214 g/mol. The predicted molar refractivity (Wildman–Crippen MR) is 36.8 cm³/mol. The lowest BCUT2D eigenvalue weighted by molar-refractivity contribution is 0.248. The second kappa shape index (κ2) is 3.06. The number of amides is 2. The summed E-state index contributed by atoms with van der Waals surface area (Å²) >= 11 is 0. The Balaban J connectivity index is 0.000000360. The second-order valence-corrected chi connectivity index (χ2v) is 1.18. The molecule has 0 bridgehead atoms. The first-order chi connectivity index (χ1) is 2.89. The predicted octanol–water partition coefficient (Wildman–Crippen LogP) is -0.0828. The number of hydrogen-bond donors (Lipinski definition) is 2. The van der Waals surface area contributed by atoms with Crippen LogP contribution in [0.25, 0.3) is 0 Å². The third-order valence-electron chi connectivity index (χ3n) is 0.696. The van der Waals surface area contributed by atoms with E-state index in [1.165, 1.54) is 0 Å². The van der Waals surface area contributed by atoms with Crippen LogP contribution in [-0.4, -0.2) is 19.1 Å². The Morgan fingerprint density at radius 3 is 1.86 bits per heavy atom. The van der Waals surface area contributed by atoms with Gasteiger partial charge in [0, 0.05) is 13.1 Å². The highest BCUT2D eigenvalue weighted by atomic mass is 127. The highest BCUT2D eigenvalue weighted by molar-refractivity contribution is 14.0. The lowest BCUT2D eigenvalue weighted by atomic mass is 10.7. The van der Waals surface area contributed by atoms with Gasteiger partial charge in [-0.1, -0.05) is 0 Å². The average molecular weight is 214 g/mol. The van der Waals surface area contributed by atoms with Gasteiger partial charge in [0.1, 0.15) is 0 Å². The Morgan fingerprint density at radius 2 is 1.71 bits per heavy atom. The molecule has 0 aromatic rings. The second-order valence-electron chi connectivity index (χ2n) is 1.18. The van der Waals surface area contributed by atoms with Gasteiger partial charge in [-0.15, -0.1) is 24.0 Å². The van der Waals surface area contributed by atoms with Gasteiger partial charge >= 0.3 is 6.03 Å². The summed E-state index contributed by atoms with van der Waals surface area (Å²) in [5.41, 5.74) is 0. The minimum atomic E-state index is -0.0463. The molecule has 1 fully saturated rings. The van der Waals surface area contributed by atoms with E-state index < -0.39 is 0 Å². The van der Waals surface area contributed by atoms with Gasteiger partial charge in [0.05, 0.1) is 0 Å². The molecule has 7 heavy (non-hydrogen) atoms. The molecule has 0 radical (unpaired) electrons. The maximum absolute atomic E-state index is 10.0. The van der Waals surface area contributed by atoms with Crippen LogP contribution in [-0.2, 0) is 0 Å². The zero-order chi connectivity index (χ0) is 4.41. The molecule has 0 spiro atoms. The molecule has 4 heteroatoms. The maximum Gasteiger partial charge on any atom is 0.314 e. The van der Waals surface area contributed by atoms with E-state index in [4.69, 9.17) is 0 Å². The van der Waals surface area contributed by atoms with Crippen molar-refractivity contribution in [1.29, 1.82) is 0 Å². The minimum absolute atomic E-state index is 0. The Hall–Kier alpha value is 0. The quantitative estimate of drug-likeness (QED) is 0.544. The van der Waals surface area contributed by atoms with E-state index in [1.807, 2.05) is 0 Å². The van der Waals surface area contributed by atoms with Crippen molar-refractivity contribution in [2.45, 2.75) is 0 Å². The van der Waals surface area contributed by atoms with Crippen LogP contribution >= 0.6 is 24.0 Å². The van der Waals surface area contributed by atoms with Gasteiger partial charge in [-0.3, -0.25) is 0 Å². The summed E-state index contributed by atoms with van der Waals surface area (Å²) in [5.74, 6) is 0. The van der Waals surface area contributed by atoms with E-state index in [0.717, 1.165) is 13.1 Å². The van der Waals surface area contributed by atoms with E-state index in [0.29, 0.717) is 0 Å². The summed E-state index contributed by atoms with van der Waals surface area (Å²) < 4.78 is 0. The number of carbonyl (C=O) groups excluding carboxylic acids is 1. The zero-order valence-electron chi connectivity index (χ0n) is 3.73. The zero-order valence-corrected chi connectivity index (χ0v) is 6.06. The number of urea groups is 1. The third-order valence-corrected chi connectivity index (χ3v) is 0.696. The Labute approximate surface area is 58.9 Å². The fourth-order valence-electron chi connectivity index (χ4n) is 0.415. The van der Waals surface area contributed by atoms with Crippen molar-refractivity contribution in [2.75, 3.05) is 13.1 Å². The van der Waals surface area contributed by atoms with Crippen molar-refractivity contribution >= 4 is 30.0 Å². The van der Waals surface area contributed by atoms with E-state index in [9.17, 15) is 4.79 Å². The summed E-state index contributed by atoms with van der Waals surface area (Å²) in [6.45, 7) is 1.55. The molecule has 0 atom stereocenters. The molecule has 0 saturated carbocycles. The molecular formula is C3H7IN2O. The smallest absolute Gasteiger partial charge is 0.314 e. The molecule has 0 aromatic heterocycles. The standard InChI is InChI=1S/C3H6N2O.HI/c6-3-4-1-2-5-3;/h1-2H2,(H2,4,5,6);1H. The molecule has 1 rings (SSSR count). The van der Waals surface area contributed by atoms with Crippen LogP contribution in [0, 0.1) is 0 Å². The van der Waals surface area contributed by atoms with Crippen molar-refractivity contribution < 1.29 is 4.79 Å². The molecule has 1 aliphatic heterocycles. The SMILES string of the molecule is I.O=C1NCCN1. The fraction of sp³-hybridized carbons (Fsp3) is 0.667. The van der Waals surface area contributed by atoms with Gasteiger partial charge in [-0.25, -0.2) is 4.79 Å². The van der Waals surface area contributed by atoms with Crippen LogP contribution in [0.4, 0.5) is 4.79 Å². The summed E-state index contributed by atoms with van der Waals surface area (Å²) in [5, 5.41) is 5.14. The van der Waals surface area contributed by atoms with E-state index in [2.05, 4.69) is 10.6 Å². The lowest BCUT2D eigenvalue weighted by Gasteiger charge is -1.80. The number of halogens is 1. The summed E-state index contributed by atoms with van der Waals surface area (Å²) in [4.78, 5) is 10.0. The average Bonchev–Trinajstić information content (AvgIpc) is 1.86. The first-order valence-electron chi connectivity index (χ1n) is 1.91. The van der Waals surface area contributed by atoms with Crippen LogP contribution in [0.5, 0.6) is 0 Å². The maximum atomic E-state index is 10.0. The number of carbonyl (C=O) groups is 1. The van der Waals surface area contributed by atoms with Crippen LogP contribution in [0.15, 0.2) is 0 Å². The first-order valence-corrected chi connectivity index (χ1v) is 1.91. The molecule has 2 amide bonds. The van der Waals surface area contributed by atoms with Gasteiger partial charge in [0.2, 0.25) is 0 Å². The fourth-order valence-corrected chi connectivity index (χ4v) is 0.415. The van der Waals surface area contributed by atoms with Gasteiger partial charge in [0.25, 0.3) is 0 Å². The van der Waals surface area contributed by atoms with Gasteiger partial charge in [-0.2, -0.15) is 0 Å². The van der Waals surface area contributed by atoms with Crippen molar-refractivity contribution in [1.82, 2.24) is 10.6 Å². The first kappa shape index (κ1) is 7.00. The molecule has 0 aliphatic carbocycles.